The van der Waals surface area contributed by atoms with Gasteiger partial charge in [-0.15, -0.1) is 0 Å². The summed E-state index contributed by atoms with van der Waals surface area (Å²) < 4.78 is 7.14. The van der Waals surface area contributed by atoms with Gasteiger partial charge in [0.15, 0.2) is 0 Å². The van der Waals surface area contributed by atoms with E-state index in [9.17, 15) is 14.4 Å². The number of pyridine rings is 1. The van der Waals surface area contributed by atoms with Crippen molar-refractivity contribution in [2.24, 2.45) is 0 Å². The van der Waals surface area contributed by atoms with Gasteiger partial charge in [0.25, 0.3) is 11.8 Å². The Morgan fingerprint density at radius 2 is 1.82 bits per heavy atom. The first-order valence-electron chi connectivity index (χ1n) is 10.4. The molecule has 0 spiro atoms. The topological polar surface area (TPSA) is 89.4 Å². The predicted molar refractivity (Wildman–Crippen MR) is 109 cm³/mol. The van der Waals surface area contributed by atoms with Crippen LogP contribution in [0.3, 0.4) is 0 Å². The molecule has 0 aliphatic heterocycles. The molecule has 28 heavy (non-hydrogen) atoms. The van der Waals surface area contributed by atoms with Crippen LogP contribution >= 0.6 is 0 Å². The zero-order chi connectivity index (χ0) is 20.5. The fourth-order valence-corrected chi connectivity index (χ4v) is 3.35. The predicted octanol–water partition coefficient (Wildman–Crippen LogP) is 2.65. The summed E-state index contributed by atoms with van der Waals surface area (Å²) in [5.41, 5.74) is -0.452. The van der Waals surface area contributed by atoms with Crippen molar-refractivity contribution in [1.82, 2.24) is 15.2 Å². The van der Waals surface area contributed by atoms with E-state index in [0.29, 0.717) is 26.2 Å². The molecule has 1 aromatic heterocycles. The maximum atomic E-state index is 12.9. The van der Waals surface area contributed by atoms with Gasteiger partial charge in [-0.05, 0) is 39.5 Å². The lowest BCUT2D eigenvalue weighted by Crippen LogP contribution is -2.38. The Bertz CT molecular complexity index is 723. The van der Waals surface area contributed by atoms with Crippen molar-refractivity contribution >= 4 is 11.8 Å². The highest BCUT2D eigenvalue weighted by molar-refractivity contribution is 5.99. The summed E-state index contributed by atoms with van der Waals surface area (Å²) >= 11 is 0. The Morgan fingerprint density at radius 3 is 2.43 bits per heavy atom. The Labute approximate surface area is 166 Å². The van der Waals surface area contributed by atoms with E-state index in [2.05, 4.69) is 10.6 Å². The van der Waals surface area contributed by atoms with Crippen LogP contribution in [0.25, 0.3) is 0 Å². The Morgan fingerprint density at radius 1 is 1.18 bits per heavy atom. The molecule has 2 amide bonds. The second kappa shape index (κ2) is 11.0. The molecule has 0 unspecified atom stereocenters. The molecular weight excluding hydrogens is 358 g/mol. The van der Waals surface area contributed by atoms with Crippen LogP contribution in [0.1, 0.15) is 86.1 Å². The van der Waals surface area contributed by atoms with E-state index >= 15 is 0 Å². The molecule has 7 nitrogen and oxygen atoms in total. The van der Waals surface area contributed by atoms with Gasteiger partial charge >= 0.3 is 0 Å². The summed E-state index contributed by atoms with van der Waals surface area (Å²) in [4.78, 5) is 38.1. The lowest BCUT2D eigenvalue weighted by atomic mass is 10.1. The van der Waals surface area contributed by atoms with Gasteiger partial charge in [0.05, 0.1) is 0 Å². The van der Waals surface area contributed by atoms with Crippen molar-refractivity contribution in [2.45, 2.75) is 71.4 Å². The van der Waals surface area contributed by atoms with Crippen LogP contribution in [-0.4, -0.2) is 42.2 Å². The zero-order valence-electron chi connectivity index (χ0n) is 17.3. The monoisotopic (exact) mass is 391 g/mol. The standard InChI is InChI=1S/C21H33N3O4/c1-4-15(3)23-21(27)18-14-24(16-9-6-7-10-16)13-17(19(18)25)20(26)22-11-8-12-28-5-2/h13-16H,4-12H2,1-3H3,(H,22,26)(H,23,27)/t15-/m1/s1. The molecule has 1 aliphatic carbocycles. The SMILES string of the molecule is CCOCCCNC(=O)c1cn(C2CCCC2)cc(C(=O)N[C@H](C)CC)c1=O. The maximum absolute atomic E-state index is 12.9. The number of nitrogens with one attached hydrogen (secondary N) is 2. The Balaban J connectivity index is 2.25. The molecule has 2 N–H and O–H groups in total. The molecule has 1 heterocycles. The van der Waals surface area contributed by atoms with Crippen LogP contribution < -0.4 is 16.1 Å². The van der Waals surface area contributed by atoms with Crippen molar-refractivity contribution in [1.29, 1.82) is 0 Å². The molecular formula is C21H33N3O4. The van der Waals surface area contributed by atoms with Gasteiger partial charge in [-0.2, -0.15) is 0 Å². The highest BCUT2D eigenvalue weighted by Gasteiger charge is 2.23. The van der Waals surface area contributed by atoms with E-state index in [1.165, 1.54) is 0 Å². The van der Waals surface area contributed by atoms with E-state index in [4.69, 9.17) is 4.74 Å². The highest BCUT2D eigenvalue weighted by atomic mass is 16.5. The Kier molecular flexibility index (Phi) is 8.70. The highest BCUT2D eigenvalue weighted by Crippen LogP contribution is 2.29. The summed E-state index contributed by atoms with van der Waals surface area (Å²) in [7, 11) is 0. The van der Waals surface area contributed by atoms with Crippen LogP contribution in [-0.2, 0) is 4.74 Å². The van der Waals surface area contributed by atoms with Crippen LogP contribution in [0.2, 0.25) is 0 Å². The van der Waals surface area contributed by atoms with Crippen LogP contribution in [0.15, 0.2) is 17.2 Å². The first-order chi connectivity index (χ1) is 13.5. The molecule has 1 aromatic rings. The lowest BCUT2D eigenvalue weighted by Gasteiger charge is -2.18. The molecule has 0 aromatic carbocycles. The van der Waals surface area contributed by atoms with Gasteiger partial charge in [0, 0.05) is 44.2 Å². The fraction of sp³-hybridized carbons (Fsp3) is 0.667. The summed E-state index contributed by atoms with van der Waals surface area (Å²) in [6.45, 7) is 7.38. The van der Waals surface area contributed by atoms with Crippen molar-refractivity contribution in [3.8, 4) is 0 Å². The molecule has 1 fully saturated rings. The maximum Gasteiger partial charge on any atom is 0.256 e. The van der Waals surface area contributed by atoms with Crippen molar-refractivity contribution < 1.29 is 14.3 Å². The number of hydrogen-bond acceptors (Lipinski definition) is 4. The molecule has 1 aliphatic rings. The second-order valence-corrected chi connectivity index (χ2v) is 7.39. The Hall–Kier alpha value is -2.15. The van der Waals surface area contributed by atoms with Gasteiger partial charge < -0.3 is 19.9 Å². The average Bonchev–Trinajstić information content (AvgIpc) is 3.22. The van der Waals surface area contributed by atoms with Crippen molar-refractivity contribution in [2.75, 3.05) is 19.8 Å². The third-order valence-corrected chi connectivity index (χ3v) is 5.23. The van der Waals surface area contributed by atoms with Gasteiger partial charge in [-0.1, -0.05) is 19.8 Å². The largest absolute Gasteiger partial charge is 0.382 e. The molecule has 0 radical (unpaired) electrons. The van der Waals surface area contributed by atoms with Crippen LogP contribution in [0.5, 0.6) is 0 Å². The van der Waals surface area contributed by atoms with E-state index < -0.39 is 17.2 Å². The first kappa shape index (κ1) is 22.1. The lowest BCUT2D eigenvalue weighted by molar-refractivity contribution is 0.0937. The quantitative estimate of drug-likeness (QED) is 0.600. The number of nitrogens with zero attached hydrogens (tertiary/aromatic N) is 1. The van der Waals surface area contributed by atoms with E-state index in [-0.39, 0.29) is 23.2 Å². The smallest absolute Gasteiger partial charge is 0.256 e. The normalized spacial score (nSPS) is 15.4. The minimum Gasteiger partial charge on any atom is -0.382 e. The summed E-state index contributed by atoms with van der Waals surface area (Å²) in [6.07, 6.45) is 8.87. The number of carbonyl (C=O) groups is 2. The van der Waals surface area contributed by atoms with E-state index in [1.54, 1.807) is 12.4 Å². The third kappa shape index (κ3) is 5.92. The molecule has 156 valence electrons. The van der Waals surface area contributed by atoms with Gasteiger partial charge in [0.2, 0.25) is 5.43 Å². The molecule has 0 saturated heterocycles. The summed E-state index contributed by atoms with van der Waals surface area (Å²) in [5, 5.41) is 5.61. The van der Waals surface area contributed by atoms with Gasteiger partial charge in [0.1, 0.15) is 11.1 Å². The van der Waals surface area contributed by atoms with Gasteiger partial charge in [-0.3, -0.25) is 14.4 Å². The fourth-order valence-electron chi connectivity index (χ4n) is 3.35. The van der Waals surface area contributed by atoms with Crippen molar-refractivity contribution in [3.05, 3.63) is 33.7 Å². The number of carbonyl (C=O) groups excluding carboxylic acids is 2. The minimum atomic E-state index is -0.516. The molecule has 0 bridgehead atoms. The van der Waals surface area contributed by atoms with E-state index in [0.717, 1.165) is 32.1 Å². The zero-order valence-corrected chi connectivity index (χ0v) is 17.3. The van der Waals surface area contributed by atoms with Crippen molar-refractivity contribution in [3.63, 3.8) is 0 Å². The first-order valence-corrected chi connectivity index (χ1v) is 10.4. The number of amides is 2. The van der Waals surface area contributed by atoms with Crippen LogP contribution in [0, 0.1) is 0 Å². The summed E-state index contributed by atoms with van der Waals surface area (Å²) in [6, 6.07) is 0.183. The average molecular weight is 392 g/mol. The minimum absolute atomic E-state index is 0.0279. The molecule has 2 rings (SSSR count). The number of aromatic nitrogens is 1. The number of rotatable bonds is 10. The second-order valence-electron chi connectivity index (χ2n) is 7.39. The third-order valence-electron chi connectivity index (χ3n) is 5.23. The molecule has 1 saturated carbocycles. The number of ether oxygens (including phenoxy) is 1. The van der Waals surface area contributed by atoms with E-state index in [1.807, 2.05) is 25.3 Å². The van der Waals surface area contributed by atoms with Crippen LogP contribution in [0.4, 0.5) is 0 Å². The molecule has 7 heteroatoms. The summed E-state index contributed by atoms with van der Waals surface area (Å²) in [5.74, 6) is -0.858. The molecule has 1 atom stereocenters. The van der Waals surface area contributed by atoms with Gasteiger partial charge in [-0.25, -0.2) is 0 Å². The number of hydrogen-bond donors (Lipinski definition) is 2.